The average molecular weight is 293 g/mol. The van der Waals surface area contributed by atoms with E-state index in [4.69, 9.17) is 0 Å². The molecule has 1 aliphatic heterocycles. The van der Waals surface area contributed by atoms with Crippen LogP contribution in [0.25, 0.3) is 0 Å². The van der Waals surface area contributed by atoms with Gasteiger partial charge in [-0.1, -0.05) is 0 Å². The summed E-state index contributed by atoms with van der Waals surface area (Å²) in [6, 6.07) is 1.82. The van der Waals surface area contributed by atoms with Gasteiger partial charge in [0.15, 0.2) is 5.13 Å². The summed E-state index contributed by atoms with van der Waals surface area (Å²) in [5.74, 6) is -0.0803. The number of thiazole rings is 1. The molecule has 2 aromatic heterocycles. The zero-order chi connectivity index (χ0) is 13.1. The highest BCUT2D eigenvalue weighted by molar-refractivity contribution is 7.14. The quantitative estimate of drug-likeness (QED) is 0.942. The van der Waals surface area contributed by atoms with E-state index in [1.165, 1.54) is 35.5 Å². The summed E-state index contributed by atoms with van der Waals surface area (Å²) >= 11 is 3.01. The Labute approximate surface area is 120 Å². The fraction of sp³-hybridized carbons (Fsp3) is 0.385. The Hall–Kier alpha value is -1.24. The van der Waals surface area contributed by atoms with Crippen molar-refractivity contribution in [1.82, 2.24) is 9.88 Å². The summed E-state index contributed by atoms with van der Waals surface area (Å²) in [5, 5.41) is 9.30. The van der Waals surface area contributed by atoms with Crippen molar-refractivity contribution in [2.24, 2.45) is 0 Å². The second kappa shape index (κ2) is 5.81. The van der Waals surface area contributed by atoms with Crippen LogP contribution >= 0.6 is 22.7 Å². The number of likely N-dealkylation sites (tertiary alicyclic amines) is 1. The summed E-state index contributed by atoms with van der Waals surface area (Å²) in [7, 11) is 0. The number of aromatic nitrogens is 1. The zero-order valence-corrected chi connectivity index (χ0v) is 12.1. The Bertz CT molecular complexity index is 544. The van der Waals surface area contributed by atoms with E-state index >= 15 is 0 Å². The van der Waals surface area contributed by atoms with E-state index in [1.54, 1.807) is 0 Å². The lowest BCUT2D eigenvalue weighted by molar-refractivity contribution is 0.102. The SMILES string of the molecule is O=C(Nc1nc(CN2CCCC2)cs1)c1ccsc1. The maximum absolute atomic E-state index is 11.9. The van der Waals surface area contributed by atoms with Crippen LogP contribution in [0.5, 0.6) is 0 Å². The van der Waals surface area contributed by atoms with Crippen molar-refractivity contribution >= 4 is 33.7 Å². The molecule has 0 spiro atoms. The molecule has 6 heteroatoms. The summed E-state index contributed by atoms with van der Waals surface area (Å²) in [6.45, 7) is 3.22. The van der Waals surface area contributed by atoms with Crippen molar-refractivity contribution in [2.45, 2.75) is 19.4 Å². The Balaban J connectivity index is 1.60. The first-order valence-electron chi connectivity index (χ1n) is 6.31. The molecule has 19 heavy (non-hydrogen) atoms. The minimum absolute atomic E-state index is 0.0803. The van der Waals surface area contributed by atoms with Crippen LogP contribution in [-0.4, -0.2) is 28.9 Å². The smallest absolute Gasteiger partial charge is 0.258 e. The third kappa shape index (κ3) is 3.20. The number of carbonyl (C=O) groups is 1. The number of anilines is 1. The van der Waals surface area contributed by atoms with Crippen LogP contribution < -0.4 is 5.32 Å². The number of nitrogens with one attached hydrogen (secondary N) is 1. The Morgan fingerprint density at radius 2 is 2.21 bits per heavy atom. The summed E-state index contributed by atoms with van der Waals surface area (Å²) < 4.78 is 0. The molecule has 0 saturated carbocycles. The maximum atomic E-state index is 11.9. The van der Waals surface area contributed by atoms with Crippen LogP contribution in [-0.2, 0) is 6.54 Å². The van der Waals surface area contributed by atoms with Crippen LogP contribution in [0.4, 0.5) is 5.13 Å². The molecule has 0 radical (unpaired) electrons. The van der Waals surface area contributed by atoms with E-state index in [0.29, 0.717) is 10.7 Å². The van der Waals surface area contributed by atoms with Crippen molar-refractivity contribution in [3.8, 4) is 0 Å². The van der Waals surface area contributed by atoms with Crippen molar-refractivity contribution in [1.29, 1.82) is 0 Å². The fourth-order valence-electron chi connectivity index (χ4n) is 2.17. The van der Waals surface area contributed by atoms with Gasteiger partial charge in [-0.3, -0.25) is 15.0 Å². The van der Waals surface area contributed by atoms with E-state index in [2.05, 4.69) is 15.2 Å². The molecule has 4 nitrogen and oxygen atoms in total. The Kier molecular flexibility index (Phi) is 3.91. The van der Waals surface area contributed by atoms with Gasteiger partial charge in [-0.2, -0.15) is 11.3 Å². The molecule has 0 aliphatic carbocycles. The van der Waals surface area contributed by atoms with E-state index in [9.17, 15) is 4.79 Å². The molecular formula is C13H15N3OS2. The fourth-order valence-corrected chi connectivity index (χ4v) is 3.50. The number of rotatable bonds is 4. The average Bonchev–Trinajstić information content (AvgIpc) is 3.10. The molecule has 0 atom stereocenters. The molecule has 1 fully saturated rings. The number of carbonyl (C=O) groups excluding carboxylic acids is 1. The zero-order valence-electron chi connectivity index (χ0n) is 10.5. The third-order valence-corrected chi connectivity index (χ3v) is 4.63. The first-order chi connectivity index (χ1) is 9.31. The van der Waals surface area contributed by atoms with Gasteiger partial charge >= 0.3 is 0 Å². The second-order valence-electron chi connectivity index (χ2n) is 4.59. The monoisotopic (exact) mass is 293 g/mol. The number of nitrogens with zero attached hydrogens (tertiary/aromatic N) is 2. The topological polar surface area (TPSA) is 45.2 Å². The molecular weight excluding hydrogens is 278 g/mol. The Morgan fingerprint density at radius 3 is 2.95 bits per heavy atom. The number of amides is 1. The van der Waals surface area contributed by atoms with Crippen molar-refractivity contribution in [3.05, 3.63) is 33.5 Å². The van der Waals surface area contributed by atoms with Crippen molar-refractivity contribution in [3.63, 3.8) is 0 Å². The van der Waals surface area contributed by atoms with E-state index in [-0.39, 0.29) is 5.91 Å². The molecule has 3 rings (SSSR count). The summed E-state index contributed by atoms with van der Waals surface area (Å²) in [4.78, 5) is 18.8. The molecule has 1 saturated heterocycles. The lowest BCUT2D eigenvalue weighted by Crippen LogP contribution is -2.18. The van der Waals surface area contributed by atoms with Crippen molar-refractivity contribution in [2.75, 3.05) is 18.4 Å². The third-order valence-electron chi connectivity index (χ3n) is 3.14. The number of hydrogen-bond acceptors (Lipinski definition) is 5. The van der Waals surface area contributed by atoms with Gasteiger partial charge < -0.3 is 0 Å². The van der Waals surface area contributed by atoms with Gasteiger partial charge in [-0.05, 0) is 37.4 Å². The molecule has 2 aromatic rings. The van der Waals surface area contributed by atoms with E-state index in [0.717, 1.165) is 25.3 Å². The largest absolute Gasteiger partial charge is 0.298 e. The van der Waals surface area contributed by atoms with Gasteiger partial charge in [-0.25, -0.2) is 4.98 Å². The molecule has 1 amide bonds. The molecule has 100 valence electrons. The normalized spacial score (nSPS) is 15.8. The van der Waals surface area contributed by atoms with Gasteiger partial charge in [0.05, 0.1) is 11.3 Å². The van der Waals surface area contributed by atoms with Crippen LogP contribution in [0.2, 0.25) is 0 Å². The van der Waals surface area contributed by atoms with Crippen LogP contribution in [0, 0.1) is 0 Å². The second-order valence-corrected chi connectivity index (χ2v) is 6.23. The first-order valence-corrected chi connectivity index (χ1v) is 8.14. The standard InChI is InChI=1S/C13H15N3OS2/c17-12(10-3-6-18-8-10)15-13-14-11(9-19-13)7-16-4-1-2-5-16/h3,6,8-9H,1-2,4-5,7H2,(H,14,15,17). The predicted octanol–water partition coefficient (Wildman–Crippen LogP) is 3.05. The van der Waals surface area contributed by atoms with Gasteiger partial charge in [-0.15, -0.1) is 11.3 Å². The van der Waals surface area contributed by atoms with Crippen LogP contribution in [0.15, 0.2) is 22.2 Å². The van der Waals surface area contributed by atoms with Crippen molar-refractivity contribution < 1.29 is 4.79 Å². The minimum atomic E-state index is -0.0803. The molecule has 0 aromatic carbocycles. The van der Waals surface area contributed by atoms with Gasteiger partial charge in [0, 0.05) is 17.3 Å². The number of hydrogen-bond donors (Lipinski definition) is 1. The molecule has 1 aliphatic rings. The molecule has 3 heterocycles. The summed E-state index contributed by atoms with van der Waals surface area (Å²) in [6.07, 6.45) is 2.57. The van der Waals surface area contributed by atoms with Gasteiger partial charge in [0.2, 0.25) is 0 Å². The lowest BCUT2D eigenvalue weighted by atomic mass is 10.3. The lowest BCUT2D eigenvalue weighted by Gasteiger charge is -2.11. The highest BCUT2D eigenvalue weighted by Crippen LogP contribution is 2.19. The van der Waals surface area contributed by atoms with E-state index < -0.39 is 0 Å². The highest BCUT2D eigenvalue weighted by atomic mass is 32.1. The Morgan fingerprint density at radius 1 is 1.37 bits per heavy atom. The maximum Gasteiger partial charge on any atom is 0.258 e. The summed E-state index contributed by atoms with van der Waals surface area (Å²) in [5.41, 5.74) is 1.74. The van der Waals surface area contributed by atoms with E-state index in [1.807, 2.05) is 22.2 Å². The van der Waals surface area contributed by atoms with Gasteiger partial charge in [0.25, 0.3) is 5.91 Å². The minimum Gasteiger partial charge on any atom is -0.298 e. The highest BCUT2D eigenvalue weighted by Gasteiger charge is 2.14. The van der Waals surface area contributed by atoms with Crippen LogP contribution in [0.3, 0.4) is 0 Å². The van der Waals surface area contributed by atoms with Crippen LogP contribution in [0.1, 0.15) is 28.9 Å². The predicted molar refractivity (Wildman–Crippen MR) is 78.9 cm³/mol. The molecule has 1 N–H and O–H groups in total. The first kappa shape index (κ1) is 12.8. The number of thiophene rings is 1. The van der Waals surface area contributed by atoms with Gasteiger partial charge in [0.1, 0.15) is 0 Å². The molecule has 0 unspecified atom stereocenters. The molecule has 0 bridgehead atoms.